The maximum Gasteiger partial charge on any atom is 0.150 e. The summed E-state index contributed by atoms with van der Waals surface area (Å²) in [6.07, 6.45) is 1.23. The number of hydrogen-bond donors (Lipinski definition) is 0. The van der Waals surface area contributed by atoms with E-state index in [4.69, 9.17) is 4.52 Å². The minimum atomic E-state index is 0.631. The van der Waals surface area contributed by atoms with Crippen molar-refractivity contribution in [3.8, 4) is 0 Å². The Labute approximate surface area is 139 Å². The SMILES string of the molecule is Cc1cc(CN2CCN(CC[C@@H](C)c3ccccc3)CC2)on1. The molecule has 0 radical (unpaired) electrons. The summed E-state index contributed by atoms with van der Waals surface area (Å²) in [6.45, 7) is 10.9. The highest BCUT2D eigenvalue weighted by Gasteiger charge is 2.18. The van der Waals surface area contributed by atoms with Gasteiger partial charge in [0.15, 0.2) is 5.76 Å². The number of hydrogen-bond acceptors (Lipinski definition) is 4. The fraction of sp³-hybridized carbons (Fsp3) is 0.526. The summed E-state index contributed by atoms with van der Waals surface area (Å²) in [7, 11) is 0. The molecule has 1 saturated heterocycles. The number of aryl methyl sites for hydroxylation is 1. The maximum atomic E-state index is 5.32. The first kappa shape index (κ1) is 16.2. The van der Waals surface area contributed by atoms with Crippen LogP contribution in [0, 0.1) is 6.92 Å². The quantitative estimate of drug-likeness (QED) is 0.819. The molecule has 1 fully saturated rings. The van der Waals surface area contributed by atoms with Crippen molar-refractivity contribution in [2.24, 2.45) is 0 Å². The van der Waals surface area contributed by atoms with Crippen molar-refractivity contribution in [2.45, 2.75) is 32.7 Å². The fourth-order valence-electron chi connectivity index (χ4n) is 3.21. The third kappa shape index (κ3) is 4.66. The monoisotopic (exact) mass is 313 g/mol. The van der Waals surface area contributed by atoms with E-state index in [0.29, 0.717) is 5.92 Å². The smallest absolute Gasteiger partial charge is 0.150 e. The predicted molar refractivity (Wildman–Crippen MR) is 92.4 cm³/mol. The lowest BCUT2D eigenvalue weighted by atomic mass is 9.97. The molecule has 1 aromatic heterocycles. The van der Waals surface area contributed by atoms with Crippen LogP contribution in [0.4, 0.5) is 0 Å². The van der Waals surface area contributed by atoms with Crippen LogP contribution in [0.15, 0.2) is 40.9 Å². The lowest BCUT2D eigenvalue weighted by Crippen LogP contribution is -2.46. The van der Waals surface area contributed by atoms with Crippen LogP contribution in [0.25, 0.3) is 0 Å². The van der Waals surface area contributed by atoms with Crippen LogP contribution in [-0.2, 0) is 6.54 Å². The van der Waals surface area contributed by atoms with Crippen molar-refractivity contribution in [1.29, 1.82) is 0 Å². The number of nitrogens with zero attached hydrogens (tertiary/aromatic N) is 3. The van der Waals surface area contributed by atoms with E-state index in [-0.39, 0.29) is 0 Å². The molecule has 4 heteroatoms. The van der Waals surface area contributed by atoms with Gasteiger partial charge >= 0.3 is 0 Å². The first-order chi connectivity index (χ1) is 11.2. The van der Waals surface area contributed by atoms with Gasteiger partial charge in [-0.3, -0.25) is 4.90 Å². The molecule has 23 heavy (non-hydrogen) atoms. The van der Waals surface area contributed by atoms with Crippen molar-refractivity contribution in [1.82, 2.24) is 15.0 Å². The maximum absolute atomic E-state index is 5.32. The molecule has 0 N–H and O–H groups in total. The van der Waals surface area contributed by atoms with E-state index in [1.807, 2.05) is 13.0 Å². The lowest BCUT2D eigenvalue weighted by Gasteiger charge is -2.34. The molecule has 0 unspecified atom stereocenters. The molecule has 0 bridgehead atoms. The topological polar surface area (TPSA) is 32.5 Å². The molecule has 0 amide bonds. The molecular weight excluding hydrogens is 286 g/mol. The number of rotatable bonds is 6. The van der Waals surface area contributed by atoms with Crippen molar-refractivity contribution in [3.05, 3.63) is 53.4 Å². The average Bonchev–Trinajstić information content (AvgIpc) is 2.99. The van der Waals surface area contributed by atoms with Crippen molar-refractivity contribution >= 4 is 0 Å². The summed E-state index contributed by atoms with van der Waals surface area (Å²) in [6, 6.07) is 12.9. The summed E-state index contributed by atoms with van der Waals surface area (Å²) in [5.74, 6) is 1.61. The van der Waals surface area contributed by atoms with Crippen LogP contribution in [0.2, 0.25) is 0 Å². The summed E-state index contributed by atoms with van der Waals surface area (Å²) in [5.41, 5.74) is 2.42. The third-order valence-electron chi connectivity index (χ3n) is 4.77. The fourth-order valence-corrected chi connectivity index (χ4v) is 3.21. The zero-order chi connectivity index (χ0) is 16.1. The first-order valence-corrected chi connectivity index (χ1v) is 8.62. The normalized spacial score (nSPS) is 18.2. The second-order valence-corrected chi connectivity index (χ2v) is 6.65. The largest absolute Gasteiger partial charge is 0.360 e. The molecule has 1 aliphatic heterocycles. The van der Waals surface area contributed by atoms with Crippen molar-refractivity contribution in [3.63, 3.8) is 0 Å². The molecule has 1 aliphatic rings. The van der Waals surface area contributed by atoms with Gasteiger partial charge in [-0.05, 0) is 31.4 Å². The Hall–Kier alpha value is -1.65. The molecule has 2 heterocycles. The molecule has 124 valence electrons. The van der Waals surface area contributed by atoms with Crippen LogP contribution in [-0.4, -0.2) is 47.7 Å². The molecule has 1 aromatic carbocycles. The molecule has 2 aromatic rings. The number of piperazine rings is 1. The molecule has 3 rings (SSSR count). The predicted octanol–water partition coefficient (Wildman–Crippen LogP) is 3.29. The van der Waals surface area contributed by atoms with Gasteiger partial charge in [-0.2, -0.15) is 0 Å². The van der Waals surface area contributed by atoms with Gasteiger partial charge < -0.3 is 9.42 Å². The minimum Gasteiger partial charge on any atom is -0.360 e. The molecule has 0 aliphatic carbocycles. The summed E-state index contributed by atoms with van der Waals surface area (Å²) < 4.78 is 5.32. The van der Waals surface area contributed by atoms with Gasteiger partial charge in [0.1, 0.15) is 0 Å². The second-order valence-electron chi connectivity index (χ2n) is 6.65. The molecule has 4 nitrogen and oxygen atoms in total. The molecule has 1 atom stereocenters. The Bertz CT molecular complexity index is 588. The Balaban J connectivity index is 1.39. The summed E-state index contributed by atoms with van der Waals surface area (Å²) in [5, 5.41) is 3.96. The Morgan fingerprint density at radius 3 is 2.43 bits per heavy atom. The highest BCUT2D eigenvalue weighted by atomic mass is 16.5. The number of benzene rings is 1. The Morgan fingerprint density at radius 2 is 1.78 bits per heavy atom. The average molecular weight is 313 g/mol. The van der Waals surface area contributed by atoms with E-state index in [9.17, 15) is 0 Å². The van der Waals surface area contributed by atoms with Gasteiger partial charge in [-0.15, -0.1) is 0 Å². The standard InChI is InChI=1S/C19H27N3O/c1-16(18-6-4-3-5-7-18)8-9-21-10-12-22(13-11-21)15-19-14-17(2)20-23-19/h3-7,14,16H,8-13,15H2,1-2H3/t16-/m1/s1. The summed E-state index contributed by atoms with van der Waals surface area (Å²) >= 11 is 0. The van der Waals surface area contributed by atoms with Gasteiger partial charge in [0, 0.05) is 32.2 Å². The highest BCUT2D eigenvalue weighted by molar-refractivity contribution is 5.18. The van der Waals surface area contributed by atoms with Crippen LogP contribution in [0.1, 0.15) is 36.3 Å². The van der Waals surface area contributed by atoms with E-state index in [1.165, 1.54) is 18.5 Å². The lowest BCUT2D eigenvalue weighted by molar-refractivity contribution is 0.116. The Morgan fingerprint density at radius 1 is 1.09 bits per heavy atom. The van der Waals surface area contributed by atoms with Gasteiger partial charge in [0.05, 0.1) is 12.2 Å². The van der Waals surface area contributed by atoms with E-state index < -0.39 is 0 Å². The molecular formula is C19H27N3O. The zero-order valence-corrected chi connectivity index (χ0v) is 14.2. The van der Waals surface area contributed by atoms with Gasteiger partial charge in [0.25, 0.3) is 0 Å². The third-order valence-corrected chi connectivity index (χ3v) is 4.77. The highest BCUT2D eigenvalue weighted by Crippen LogP contribution is 2.19. The van der Waals surface area contributed by atoms with Crippen LogP contribution in [0.3, 0.4) is 0 Å². The zero-order valence-electron chi connectivity index (χ0n) is 14.2. The van der Waals surface area contributed by atoms with Crippen LogP contribution >= 0.6 is 0 Å². The van der Waals surface area contributed by atoms with Crippen LogP contribution in [0.5, 0.6) is 0 Å². The van der Waals surface area contributed by atoms with Crippen molar-refractivity contribution in [2.75, 3.05) is 32.7 Å². The number of aromatic nitrogens is 1. The molecule has 0 saturated carbocycles. The van der Waals surface area contributed by atoms with E-state index in [2.05, 4.69) is 52.2 Å². The second kappa shape index (κ2) is 7.75. The Kier molecular flexibility index (Phi) is 5.47. The van der Waals surface area contributed by atoms with Gasteiger partial charge in [-0.25, -0.2) is 0 Å². The first-order valence-electron chi connectivity index (χ1n) is 8.62. The minimum absolute atomic E-state index is 0.631. The summed E-state index contributed by atoms with van der Waals surface area (Å²) in [4.78, 5) is 5.04. The van der Waals surface area contributed by atoms with Gasteiger partial charge in [0.2, 0.25) is 0 Å². The van der Waals surface area contributed by atoms with E-state index in [0.717, 1.165) is 44.2 Å². The van der Waals surface area contributed by atoms with Crippen LogP contribution < -0.4 is 0 Å². The van der Waals surface area contributed by atoms with E-state index in [1.54, 1.807) is 0 Å². The van der Waals surface area contributed by atoms with Gasteiger partial charge in [-0.1, -0.05) is 42.4 Å². The molecule has 0 spiro atoms. The van der Waals surface area contributed by atoms with Crippen molar-refractivity contribution < 1.29 is 4.52 Å². The van der Waals surface area contributed by atoms with E-state index >= 15 is 0 Å².